The fraction of sp³-hybridized carbons (Fsp3) is 0.333. The third-order valence-electron chi connectivity index (χ3n) is 5.79. The number of piperidine rings is 1. The molecule has 158 valence electrons. The average molecular weight is 419 g/mol. The molecule has 0 amide bonds. The Morgan fingerprint density at radius 1 is 1.10 bits per heavy atom. The number of benzene rings is 1. The number of carbonyl (C=O) groups is 1. The maximum atomic E-state index is 12.1. The fourth-order valence-corrected chi connectivity index (χ4v) is 3.97. The quantitative estimate of drug-likeness (QED) is 0.458. The number of aryl methyl sites for hydroxylation is 1. The molecule has 4 aromatic rings. The fourth-order valence-electron chi connectivity index (χ4n) is 3.97. The normalized spacial score (nSPS) is 19.1. The van der Waals surface area contributed by atoms with Crippen LogP contribution in [0.5, 0.6) is 0 Å². The SMILES string of the molecule is Cn1cnc2ncn(Cc3ncno3)c(=O)c21.O=Cc1ccc(N2C[C@H]3C[C@H]3C2)cc1. The van der Waals surface area contributed by atoms with Crippen molar-refractivity contribution in [2.75, 3.05) is 18.0 Å². The van der Waals surface area contributed by atoms with Crippen LogP contribution >= 0.6 is 0 Å². The molecular formula is C21H21N7O3. The minimum atomic E-state index is -0.187. The molecule has 2 atom stereocenters. The predicted molar refractivity (Wildman–Crippen MR) is 112 cm³/mol. The van der Waals surface area contributed by atoms with E-state index in [4.69, 9.17) is 4.52 Å². The highest BCUT2D eigenvalue weighted by molar-refractivity contribution is 5.75. The van der Waals surface area contributed by atoms with Crippen LogP contribution in [0, 0.1) is 11.8 Å². The molecule has 1 aromatic carbocycles. The first-order valence-corrected chi connectivity index (χ1v) is 10.0. The molecule has 1 saturated heterocycles. The molecule has 4 heterocycles. The molecule has 0 bridgehead atoms. The van der Waals surface area contributed by atoms with Crippen molar-refractivity contribution < 1.29 is 9.32 Å². The largest absolute Gasteiger partial charge is 0.371 e. The zero-order chi connectivity index (χ0) is 21.4. The van der Waals surface area contributed by atoms with Crippen LogP contribution in [0.3, 0.4) is 0 Å². The van der Waals surface area contributed by atoms with Gasteiger partial charge in [-0.1, -0.05) is 5.16 Å². The minimum absolute atomic E-state index is 0.187. The number of aldehydes is 1. The highest BCUT2D eigenvalue weighted by Gasteiger charge is 2.44. The summed E-state index contributed by atoms with van der Waals surface area (Å²) < 4.78 is 7.88. The van der Waals surface area contributed by atoms with Gasteiger partial charge in [0, 0.05) is 31.4 Å². The van der Waals surface area contributed by atoms with E-state index in [0.29, 0.717) is 17.1 Å². The lowest BCUT2D eigenvalue weighted by molar-refractivity contribution is 0.112. The van der Waals surface area contributed by atoms with Gasteiger partial charge in [0.05, 0.1) is 6.33 Å². The van der Waals surface area contributed by atoms with Gasteiger partial charge in [0.2, 0.25) is 5.89 Å². The van der Waals surface area contributed by atoms with E-state index < -0.39 is 0 Å². The van der Waals surface area contributed by atoms with Gasteiger partial charge in [-0.15, -0.1) is 0 Å². The summed E-state index contributed by atoms with van der Waals surface area (Å²) in [5.41, 5.74) is 2.72. The van der Waals surface area contributed by atoms with Gasteiger partial charge >= 0.3 is 0 Å². The maximum Gasteiger partial charge on any atom is 0.280 e. The first kappa shape index (κ1) is 19.2. The summed E-state index contributed by atoms with van der Waals surface area (Å²) in [7, 11) is 1.75. The van der Waals surface area contributed by atoms with E-state index in [0.717, 1.165) is 23.7 Å². The predicted octanol–water partition coefficient (Wildman–Crippen LogP) is 1.52. The Kier molecular flexibility index (Phi) is 4.81. The molecule has 1 aliphatic heterocycles. The van der Waals surface area contributed by atoms with Crippen LogP contribution in [-0.4, -0.2) is 48.6 Å². The van der Waals surface area contributed by atoms with E-state index in [9.17, 15) is 9.59 Å². The van der Waals surface area contributed by atoms with Crippen molar-refractivity contribution in [2.45, 2.75) is 13.0 Å². The first-order valence-electron chi connectivity index (χ1n) is 10.0. The van der Waals surface area contributed by atoms with Crippen LogP contribution in [0.15, 0.2) is 52.6 Å². The summed E-state index contributed by atoms with van der Waals surface area (Å²) in [6.45, 7) is 2.63. The Labute approximate surface area is 177 Å². The number of imidazole rings is 1. The van der Waals surface area contributed by atoms with Crippen molar-refractivity contribution in [1.29, 1.82) is 0 Å². The van der Waals surface area contributed by atoms with Gasteiger partial charge in [-0.05, 0) is 42.5 Å². The summed E-state index contributed by atoms with van der Waals surface area (Å²) in [5, 5.41) is 3.48. The van der Waals surface area contributed by atoms with Crippen LogP contribution in [0.4, 0.5) is 5.69 Å². The zero-order valence-electron chi connectivity index (χ0n) is 17.0. The second kappa shape index (κ2) is 7.78. The van der Waals surface area contributed by atoms with Crippen molar-refractivity contribution in [1.82, 2.24) is 29.2 Å². The van der Waals surface area contributed by atoms with Gasteiger partial charge in [-0.25, -0.2) is 9.97 Å². The third-order valence-corrected chi connectivity index (χ3v) is 5.79. The standard InChI is InChI=1S/C12H13NO.C9H8N6O2/c14-8-9-1-3-12(4-2-9)13-6-10-5-11(10)7-13;1-14-4-11-8-7(14)9(16)15(5-12-8)2-6-10-3-13-17-6/h1-4,8,10-11H,5-7H2;3-5H,2H2,1H3/t10-,11+;. The van der Waals surface area contributed by atoms with Crippen molar-refractivity contribution in [2.24, 2.45) is 18.9 Å². The molecule has 1 saturated carbocycles. The van der Waals surface area contributed by atoms with Crippen LogP contribution < -0.4 is 10.5 Å². The molecule has 6 rings (SSSR count). The average Bonchev–Trinajstić information content (AvgIpc) is 3.18. The number of rotatable bonds is 4. The number of nitrogens with zero attached hydrogens (tertiary/aromatic N) is 7. The van der Waals surface area contributed by atoms with Crippen molar-refractivity contribution in [3.8, 4) is 0 Å². The van der Waals surface area contributed by atoms with E-state index >= 15 is 0 Å². The van der Waals surface area contributed by atoms with E-state index in [1.165, 1.54) is 42.4 Å². The molecule has 0 unspecified atom stereocenters. The number of anilines is 1. The highest BCUT2D eigenvalue weighted by atomic mass is 16.5. The summed E-state index contributed by atoms with van der Waals surface area (Å²) >= 11 is 0. The molecule has 0 radical (unpaired) electrons. The number of hydrogen-bond acceptors (Lipinski definition) is 8. The van der Waals surface area contributed by atoms with E-state index in [-0.39, 0.29) is 12.1 Å². The van der Waals surface area contributed by atoms with Crippen molar-refractivity contribution >= 4 is 23.1 Å². The van der Waals surface area contributed by atoms with Crippen LogP contribution in [0.2, 0.25) is 0 Å². The van der Waals surface area contributed by atoms with Gasteiger partial charge in [-0.3, -0.25) is 14.2 Å². The lowest BCUT2D eigenvalue weighted by Crippen LogP contribution is -2.22. The maximum absolute atomic E-state index is 12.1. The second-order valence-corrected chi connectivity index (χ2v) is 7.91. The van der Waals surface area contributed by atoms with E-state index in [1.807, 2.05) is 12.1 Å². The molecular weight excluding hydrogens is 398 g/mol. The van der Waals surface area contributed by atoms with Crippen LogP contribution in [0.1, 0.15) is 22.7 Å². The Bertz CT molecular complexity index is 1250. The number of aromatic nitrogens is 6. The highest BCUT2D eigenvalue weighted by Crippen LogP contribution is 2.46. The molecule has 0 N–H and O–H groups in total. The van der Waals surface area contributed by atoms with E-state index in [1.54, 1.807) is 17.9 Å². The molecule has 2 fully saturated rings. The Hall–Kier alpha value is -3.82. The van der Waals surface area contributed by atoms with Gasteiger partial charge in [-0.2, -0.15) is 4.98 Å². The Balaban J connectivity index is 0.000000134. The second-order valence-electron chi connectivity index (χ2n) is 7.91. The first-order chi connectivity index (χ1) is 15.1. The number of hydrogen-bond donors (Lipinski definition) is 0. The lowest BCUT2D eigenvalue weighted by atomic mass is 10.2. The van der Waals surface area contributed by atoms with Gasteiger partial charge in [0.25, 0.3) is 5.56 Å². The topological polar surface area (TPSA) is 112 Å². The van der Waals surface area contributed by atoms with Crippen LogP contribution in [0.25, 0.3) is 11.2 Å². The summed E-state index contributed by atoms with van der Waals surface area (Å²) in [6, 6.07) is 7.89. The lowest BCUT2D eigenvalue weighted by Gasteiger charge is -2.19. The Morgan fingerprint density at radius 2 is 1.84 bits per heavy atom. The minimum Gasteiger partial charge on any atom is -0.371 e. The van der Waals surface area contributed by atoms with Crippen molar-refractivity contribution in [3.05, 3.63) is 65.1 Å². The molecule has 1 aliphatic carbocycles. The smallest absolute Gasteiger partial charge is 0.280 e. The summed E-state index contributed by atoms with van der Waals surface area (Å²) in [4.78, 5) is 37.0. The van der Waals surface area contributed by atoms with Gasteiger partial charge < -0.3 is 14.0 Å². The van der Waals surface area contributed by atoms with Crippen LogP contribution in [-0.2, 0) is 13.6 Å². The monoisotopic (exact) mass is 419 g/mol. The molecule has 31 heavy (non-hydrogen) atoms. The third kappa shape index (κ3) is 3.83. The molecule has 10 heteroatoms. The zero-order valence-corrected chi connectivity index (χ0v) is 17.0. The number of fused-ring (bicyclic) bond motifs is 2. The molecule has 2 aliphatic rings. The summed E-state index contributed by atoms with van der Waals surface area (Å²) in [5.74, 6) is 2.27. The molecule has 0 spiro atoms. The van der Waals surface area contributed by atoms with E-state index in [2.05, 4.69) is 37.1 Å². The number of carbonyl (C=O) groups excluding carboxylic acids is 1. The summed E-state index contributed by atoms with van der Waals surface area (Å²) in [6.07, 6.45) is 6.59. The van der Waals surface area contributed by atoms with Gasteiger partial charge in [0.1, 0.15) is 19.2 Å². The van der Waals surface area contributed by atoms with Gasteiger partial charge in [0.15, 0.2) is 17.5 Å². The molecule has 10 nitrogen and oxygen atoms in total. The van der Waals surface area contributed by atoms with Crippen molar-refractivity contribution in [3.63, 3.8) is 0 Å². The molecule has 3 aromatic heterocycles. The Morgan fingerprint density at radius 3 is 2.52 bits per heavy atom.